The van der Waals surface area contributed by atoms with E-state index in [-0.39, 0.29) is 11.8 Å². The second-order valence-corrected chi connectivity index (χ2v) is 6.43. The summed E-state index contributed by atoms with van der Waals surface area (Å²) in [6.45, 7) is 1.78. The van der Waals surface area contributed by atoms with Crippen LogP contribution in [0.15, 0.2) is 18.2 Å². The molecule has 0 saturated heterocycles. The number of sulfone groups is 1. The van der Waals surface area contributed by atoms with Crippen LogP contribution in [0.2, 0.25) is 5.02 Å². The minimum atomic E-state index is -3.00. The average molecular weight is 263 g/mol. The molecule has 0 heterocycles. The van der Waals surface area contributed by atoms with Gasteiger partial charge >= 0.3 is 0 Å². The third-order valence-electron chi connectivity index (χ3n) is 2.01. The normalized spacial score (nSPS) is 13.4. The highest BCUT2D eigenvalue weighted by Crippen LogP contribution is 2.27. The Labute approximate surface area is 101 Å². The Morgan fingerprint density at radius 1 is 1.50 bits per heavy atom. The molecule has 16 heavy (non-hydrogen) atoms. The summed E-state index contributed by atoms with van der Waals surface area (Å²) < 4.78 is 22.2. The molecule has 1 unspecified atom stereocenters. The van der Waals surface area contributed by atoms with Gasteiger partial charge in [-0.25, -0.2) is 8.42 Å². The van der Waals surface area contributed by atoms with Gasteiger partial charge in [0, 0.05) is 12.3 Å². The van der Waals surface area contributed by atoms with E-state index in [2.05, 4.69) is 5.32 Å². The van der Waals surface area contributed by atoms with Crippen LogP contribution in [-0.2, 0) is 9.84 Å². The summed E-state index contributed by atoms with van der Waals surface area (Å²) in [5.74, 6) is 0.0545. The highest BCUT2D eigenvalue weighted by Gasteiger charge is 2.12. The second-order valence-electron chi connectivity index (χ2n) is 3.84. The van der Waals surface area contributed by atoms with Crippen LogP contribution in [0.1, 0.15) is 6.92 Å². The van der Waals surface area contributed by atoms with E-state index >= 15 is 0 Å². The molecule has 90 valence electrons. The van der Waals surface area contributed by atoms with Crippen molar-refractivity contribution in [1.29, 1.82) is 0 Å². The number of benzene rings is 1. The van der Waals surface area contributed by atoms with Gasteiger partial charge in [0.15, 0.2) is 0 Å². The SMILES string of the molecule is CC(CS(C)(=O)=O)Nc1cccc(Cl)c1N. The molecule has 1 atom stereocenters. The Balaban J connectivity index is 2.77. The van der Waals surface area contributed by atoms with Gasteiger partial charge in [0.25, 0.3) is 0 Å². The molecular weight excluding hydrogens is 248 g/mol. The highest BCUT2D eigenvalue weighted by atomic mass is 35.5. The van der Waals surface area contributed by atoms with Gasteiger partial charge in [-0.1, -0.05) is 17.7 Å². The zero-order valence-corrected chi connectivity index (χ0v) is 10.8. The molecule has 0 saturated carbocycles. The molecule has 4 nitrogen and oxygen atoms in total. The Bertz CT molecular complexity index is 474. The molecule has 3 N–H and O–H groups in total. The largest absolute Gasteiger partial charge is 0.396 e. The van der Waals surface area contributed by atoms with E-state index in [0.717, 1.165) is 0 Å². The van der Waals surface area contributed by atoms with Gasteiger partial charge in [-0.05, 0) is 19.1 Å². The number of nitrogens with one attached hydrogen (secondary N) is 1. The van der Waals surface area contributed by atoms with Crippen molar-refractivity contribution in [2.24, 2.45) is 0 Å². The number of anilines is 2. The minimum Gasteiger partial charge on any atom is -0.396 e. The van der Waals surface area contributed by atoms with E-state index in [9.17, 15) is 8.42 Å². The van der Waals surface area contributed by atoms with Crippen molar-refractivity contribution in [2.45, 2.75) is 13.0 Å². The lowest BCUT2D eigenvalue weighted by Gasteiger charge is -2.16. The van der Waals surface area contributed by atoms with Crippen LogP contribution in [0.25, 0.3) is 0 Å². The first-order chi connectivity index (χ1) is 7.29. The predicted octanol–water partition coefficient (Wildman–Crippen LogP) is 1.77. The molecule has 1 aromatic carbocycles. The van der Waals surface area contributed by atoms with Gasteiger partial charge in [0.1, 0.15) is 9.84 Å². The number of halogens is 1. The Kier molecular flexibility index (Phi) is 4.04. The van der Waals surface area contributed by atoms with Gasteiger partial charge < -0.3 is 11.1 Å². The summed E-state index contributed by atoms with van der Waals surface area (Å²) in [7, 11) is -3.00. The number of nitrogens with two attached hydrogens (primary N) is 1. The molecule has 1 aromatic rings. The van der Waals surface area contributed by atoms with Gasteiger partial charge in [-0.15, -0.1) is 0 Å². The van der Waals surface area contributed by atoms with Crippen molar-refractivity contribution in [3.05, 3.63) is 23.2 Å². The monoisotopic (exact) mass is 262 g/mol. The van der Waals surface area contributed by atoms with Crippen LogP contribution in [0.4, 0.5) is 11.4 Å². The van der Waals surface area contributed by atoms with E-state index in [0.29, 0.717) is 16.4 Å². The van der Waals surface area contributed by atoms with Gasteiger partial charge in [0.05, 0.1) is 22.2 Å². The molecular formula is C10H15ClN2O2S. The standard InChI is InChI=1S/C10H15ClN2O2S/c1-7(6-16(2,14)15)13-9-5-3-4-8(11)10(9)12/h3-5,7,13H,6,12H2,1-2H3. The molecule has 6 heteroatoms. The van der Waals surface area contributed by atoms with Gasteiger partial charge in [-0.2, -0.15) is 0 Å². The van der Waals surface area contributed by atoms with Crippen molar-refractivity contribution in [2.75, 3.05) is 23.1 Å². The topological polar surface area (TPSA) is 72.2 Å². The molecule has 0 aliphatic heterocycles. The van der Waals surface area contributed by atoms with E-state index in [1.54, 1.807) is 25.1 Å². The predicted molar refractivity (Wildman–Crippen MR) is 68.7 cm³/mol. The van der Waals surface area contributed by atoms with Gasteiger partial charge in [-0.3, -0.25) is 0 Å². The molecule has 0 spiro atoms. The third-order valence-corrected chi connectivity index (χ3v) is 3.44. The van der Waals surface area contributed by atoms with Crippen LogP contribution in [0, 0.1) is 0 Å². The lowest BCUT2D eigenvalue weighted by atomic mass is 10.2. The molecule has 0 bridgehead atoms. The summed E-state index contributed by atoms with van der Waals surface area (Å²) in [6.07, 6.45) is 1.20. The zero-order chi connectivity index (χ0) is 12.3. The summed E-state index contributed by atoms with van der Waals surface area (Å²) in [4.78, 5) is 0. The Hall–Kier alpha value is -0.940. The first kappa shape index (κ1) is 13.1. The molecule has 1 rings (SSSR count). The maximum atomic E-state index is 11.1. The van der Waals surface area contributed by atoms with Crippen LogP contribution >= 0.6 is 11.6 Å². The van der Waals surface area contributed by atoms with Gasteiger partial charge in [0.2, 0.25) is 0 Å². The first-order valence-corrected chi connectivity index (χ1v) is 7.21. The van der Waals surface area contributed by atoms with Crippen LogP contribution in [0.5, 0.6) is 0 Å². The fourth-order valence-corrected chi connectivity index (χ4v) is 2.59. The van der Waals surface area contributed by atoms with Crippen molar-refractivity contribution in [1.82, 2.24) is 0 Å². The number of hydrogen-bond donors (Lipinski definition) is 2. The first-order valence-electron chi connectivity index (χ1n) is 4.78. The maximum Gasteiger partial charge on any atom is 0.149 e. The minimum absolute atomic E-state index is 0.0545. The summed E-state index contributed by atoms with van der Waals surface area (Å²) in [5, 5.41) is 3.47. The molecule has 0 aliphatic rings. The fraction of sp³-hybridized carbons (Fsp3) is 0.400. The van der Waals surface area contributed by atoms with E-state index < -0.39 is 9.84 Å². The highest BCUT2D eigenvalue weighted by molar-refractivity contribution is 7.90. The fourth-order valence-electron chi connectivity index (χ4n) is 1.42. The van der Waals surface area contributed by atoms with Crippen molar-refractivity contribution in [3.63, 3.8) is 0 Å². The Morgan fingerprint density at radius 3 is 2.69 bits per heavy atom. The lowest BCUT2D eigenvalue weighted by molar-refractivity contribution is 0.598. The molecule has 0 aliphatic carbocycles. The third kappa shape index (κ3) is 3.90. The van der Waals surface area contributed by atoms with Crippen LogP contribution < -0.4 is 11.1 Å². The molecule has 0 amide bonds. The van der Waals surface area contributed by atoms with Crippen LogP contribution in [-0.4, -0.2) is 26.5 Å². The quantitative estimate of drug-likeness (QED) is 0.811. The summed E-state index contributed by atoms with van der Waals surface area (Å²) in [5.41, 5.74) is 6.84. The van der Waals surface area contributed by atoms with Crippen molar-refractivity contribution in [3.8, 4) is 0 Å². The number of rotatable bonds is 4. The average Bonchev–Trinajstić information content (AvgIpc) is 2.09. The number of nitrogen functional groups attached to an aromatic ring is 1. The summed E-state index contributed by atoms with van der Waals surface area (Å²) in [6, 6.07) is 4.99. The maximum absolute atomic E-state index is 11.1. The van der Waals surface area contributed by atoms with E-state index in [1.807, 2.05) is 0 Å². The zero-order valence-electron chi connectivity index (χ0n) is 9.20. The van der Waals surface area contributed by atoms with Crippen molar-refractivity contribution >= 4 is 32.8 Å². The lowest BCUT2D eigenvalue weighted by Crippen LogP contribution is -2.25. The van der Waals surface area contributed by atoms with E-state index in [4.69, 9.17) is 17.3 Å². The van der Waals surface area contributed by atoms with Crippen LogP contribution in [0.3, 0.4) is 0 Å². The van der Waals surface area contributed by atoms with Crippen molar-refractivity contribution < 1.29 is 8.42 Å². The smallest absolute Gasteiger partial charge is 0.149 e. The molecule has 0 fully saturated rings. The Morgan fingerprint density at radius 2 is 2.12 bits per heavy atom. The van der Waals surface area contributed by atoms with E-state index in [1.165, 1.54) is 6.26 Å². The molecule has 0 radical (unpaired) electrons. The number of para-hydroxylation sites is 1. The summed E-state index contributed by atoms with van der Waals surface area (Å²) >= 11 is 5.85. The second kappa shape index (κ2) is 4.93. The number of hydrogen-bond acceptors (Lipinski definition) is 4. The molecule has 0 aromatic heterocycles.